The van der Waals surface area contributed by atoms with E-state index in [4.69, 9.17) is 5.26 Å². The number of hydrogen-bond acceptors (Lipinski definition) is 4. The third-order valence-corrected chi connectivity index (χ3v) is 3.09. The molecule has 92 valence electrons. The van der Waals surface area contributed by atoms with Crippen molar-refractivity contribution in [2.75, 3.05) is 18.6 Å². The maximum atomic E-state index is 13.4. The molecule has 1 rings (SSSR count). The van der Waals surface area contributed by atoms with Crippen molar-refractivity contribution in [3.8, 4) is 6.07 Å². The fraction of sp³-hybridized carbons (Fsp3) is 0.364. The molecular weight excluding hydrogens is 243 g/mol. The van der Waals surface area contributed by atoms with E-state index in [0.29, 0.717) is 5.56 Å². The van der Waals surface area contributed by atoms with Crippen LogP contribution in [0, 0.1) is 17.1 Å². The number of sulfone groups is 1. The minimum Gasteiger partial charge on any atom is -0.312 e. The van der Waals surface area contributed by atoms with Gasteiger partial charge in [0.2, 0.25) is 0 Å². The maximum absolute atomic E-state index is 13.4. The molecule has 0 heterocycles. The Labute approximate surface area is 100.0 Å². The summed E-state index contributed by atoms with van der Waals surface area (Å²) < 4.78 is 35.1. The molecule has 0 aliphatic rings. The van der Waals surface area contributed by atoms with Crippen LogP contribution in [0.15, 0.2) is 18.2 Å². The quantitative estimate of drug-likeness (QED) is 0.792. The molecule has 0 saturated heterocycles. The van der Waals surface area contributed by atoms with Crippen LogP contribution in [-0.4, -0.2) is 27.0 Å². The van der Waals surface area contributed by atoms with Gasteiger partial charge >= 0.3 is 0 Å². The van der Waals surface area contributed by atoms with E-state index in [1.165, 1.54) is 12.1 Å². The van der Waals surface area contributed by atoms with Crippen LogP contribution in [0.2, 0.25) is 0 Å². The van der Waals surface area contributed by atoms with E-state index >= 15 is 0 Å². The second kappa shape index (κ2) is 5.75. The van der Waals surface area contributed by atoms with Crippen LogP contribution in [0.25, 0.3) is 0 Å². The van der Waals surface area contributed by atoms with Gasteiger partial charge in [-0.1, -0.05) is 6.07 Å². The molecule has 0 radical (unpaired) electrons. The van der Waals surface area contributed by atoms with Crippen LogP contribution in [-0.2, 0) is 16.4 Å². The first kappa shape index (κ1) is 13.6. The van der Waals surface area contributed by atoms with Crippen molar-refractivity contribution < 1.29 is 12.8 Å². The van der Waals surface area contributed by atoms with E-state index < -0.39 is 15.7 Å². The molecule has 4 nitrogen and oxygen atoms in total. The molecule has 0 amide bonds. The Morgan fingerprint density at radius 2 is 2.18 bits per heavy atom. The van der Waals surface area contributed by atoms with Gasteiger partial charge in [0.15, 0.2) is 0 Å². The van der Waals surface area contributed by atoms with Gasteiger partial charge in [-0.2, -0.15) is 5.26 Å². The van der Waals surface area contributed by atoms with Gasteiger partial charge in [-0.05, 0) is 12.1 Å². The Kier molecular flexibility index (Phi) is 4.61. The summed E-state index contributed by atoms with van der Waals surface area (Å²) in [6.45, 7) is 0.519. The molecule has 0 bridgehead atoms. The van der Waals surface area contributed by atoms with Gasteiger partial charge in [0.25, 0.3) is 0 Å². The number of nitrogens with one attached hydrogen (secondary N) is 1. The molecule has 1 N–H and O–H groups in total. The summed E-state index contributed by atoms with van der Waals surface area (Å²) in [5.41, 5.74) is 0.680. The third kappa shape index (κ3) is 4.93. The monoisotopic (exact) mass is 256 g/mol. The zero-order chi connectivity index (χ0) is 12.9. The molecule has 0 unspecified atom stereocenters. The van der Waals surface area contributed by atoms with E-state index in [9.17, 15) is 12.8 Å². The number of nitrogens with zero attached hydrogens (tertiary/aromatic N) is 1. The minimum atomic E-state index is -3.00. The van der Waals surface area contributed by atoms with Gasteiger partial charge in [-0.15, -0.1) is 0 Å². The van der Waals surface area contributed by atoms with E-state index in [-0.39, 0.29) is 24.4 Å². The smallest absolute Gasteiger partial charge is 0.148 e. The first-order valence-corrected chi connectivity index (χ1v) is 7.05. The Hall–Kier alpha value is -1.45. The highest BCUT2D eigenvalue weighted by Gasteiger charge is 2.04. The van der Waals surface area contributed by atoms with E-state index in [2.05, 4.69) is 5.32 Å². The number of hydrogen-bond donors (Lipinski definition) is 1. The van der Waals surface area contributed by atoms with Gasteiger partial charge in [-0.3, -0.25) is 0 Å². The lowest BCUT2D eigenvalue weighted by Crippen LogP contribution is -2.22. The standard InChI is InChI=1S/C11H13FN2O2S/c1-17(15,16)5-4-14-8-10-3-2-9(7-13)6-11(10)12/h2-3,6,14H,4-5,8H2,1H3. The summed E-state index contributed by atoms with van der Waals surface area (Å²) in [4.78, 5) is 0. The van der Waals surface area contributed by atoms with Gasteiger partial charge < -0.3 is 5.32 Å². The topological polar surface area (TPSA) is 70.0 Å². The highest BCUT2D eigenvalue weighted by atomic mass is 32.2. The summed E-state index contributed by atoms with van der Waals surface area (Å²) in [5, 5.41) is 11.4. The number of nitriles is 1. The summed E-state index contributed by atoms with van der Waals surface area (Å²) in [6.07, 6.45) is 1.15. The van der Waals surface area contributed by atoms with E-state index in [1.54, 1.807) is 0 Å². The summed E-state index contributed by atoms with van der Waals surface area (Å²) >= 11 is 0. The van der Waals surface area contributed by atoms with Gasteiger partial charge in [0.05, 0.1) is 17.4 Å². The van der Waals surface area contributed by atoms with E-state index in [0.717, 1.165) is 12.3 Å². The largest absolute Gasteiger partial charge is 0.312 e. The summed E-state index contributed by atoms with van der Waals surface area (Å²) in [6, 6.07) is 6.04. The van der Waals surface area contributed by atoms with Crippen molar-refractivity contribution in [3.05, 3.63) is 35.1 Å². The SMILES string of the molecule is CS(=O)(=O)CCNCc1ccc(C#N)cc1F. The average molecular weight is 256 g/mol. The summed E-state index contributed by atoms with van der Waals surface area (Å²) in [7, 11) is -3.00. The number of halogens is 1. The second-order valence-corrected chi connectivity index (χ2v) is 5.98. The molecule has 0 saturated carbocycles. The predicted octanol–water partition coefficient (Wildman–Crippen LogP) is 0.832. The van der Waals surface area contributed by atoms with Gasteiger partial charge in [0.1, 0.15) is 15.7 Å². The lowest BCUT2D eigenvalue weighted by atomic mass is 10.1. The molecule has 0 spiro atoms. The average Bonchev–Trinajstić information content (AvgIpc) is 2.24. The molecule has 0 aliphatic carbocycles. The molecule has 1 aromatic carbocycles. The van der Waals surface area contributed by atoms with Gasteiger partial charge in [0, 0.05) is 24.9 Å². The fourth-order valence-corrected chi connectivity index (χ4v) is 1.76. The van der Waals surface area contributed by atoms with Crippen LogP contribution in [0.3, 0.4) is 0 Å². The van der Waals surface area contributed by atoms with Crippen LogP contribution in [0.5, 0.6) is 0 Å². The summed E-state index contributed by atoms with van der Waals surface area (Å²) in [5.74, 6) is -0.443. The van der Waals surface area contributed by atoms with Crippen molar-refractivity contribution in [1.82, 2.24) is 5.32 Å². The first-order chi connectivity index (χ1) is 7.92. The van der Waals surface area contributed by atoms with E-state index in [1.807, 2.05) is 6.07 Å². The van der Waals surface area contributed by atoms with Crippen LogP contribution in [0.4, 0.5) is 4.39 Å². The molecule has 0 atom stereocenters. The Morgan fingerprint density at radius 1 is 1.47 bits per heavy atom. The lowest BCUT2D eigenvalue weighted by molar-refractivity contribution is 0.585. The molecule has 0 aliphatic heterocycles. The first-order valence-electron chi connectivity index (χ1n) is 4.99. The second-order valence-electron chi connectivity index (χ2n) is 3.72. The molecule has 6 heteroatoms. The van der Waals surface area contributed by atoms with Crippen LogP contribution < -0.4 is 5.32 Å². The lowest BCUT2D eigenvalue weighted by Gasteiger charge is -2.05. The van der Waals surface area contributed by atoms with Gasteiger partial charge in [-0.25, -0.2) is 12.8 Å². The third-order valence-electron chi connectivity index (χ3n) is 2.15. The zero-order valence-corrected chi connectivity index (χ0v) is 10.2. The highest BCUT2D eigenvalue weighted by molar-refractivity contribution is 7.90. The van der Waals surface area contributed by atoms with Crippen molar-refractivity contribution in [1.29, 1.82) is 5.26 Å². The van der Waals surface area contributed by atoms with Crippen molar-refractivity contribution in [2.24, 2.45) is 0 Å². The van der Waals surface area contributed by atoms with Crippen molar-refractivity contribution >= 4 is 9.84 Å². The molecule has 0 fully saturated rings. The normalized spacial score (nSPS) is 11.1. The Morgan fingerprint density at radius 3 is 2.71 bits per heavy atom. The van der Waals surface area contributed by atoms with Crippen LogP contribution >= 0.6 is 0 Å². The highest BCUT2D eigenvalue weighted by Crippen LogP contribution is 2.09. The number of rotatable bonds is 5. The molecule has 0 aromatic heterocycles. The van der Waals surface area contributed by atoms with Crippen LogP contribution in [0.1, 0.15) is 11.1 Å². The maximum Gasteiger partial charge on any atom is 0.148 e. The molecular formula is C11H13FN2O2S. The Bertz CT molecular complexity index is 535. The predicted molar refractivity (Wildman–Crippen MR) is 62.5 cm³/mol. The zero-order valence-electron chi connectivity index (χ0n) is 9.40. The molecule has 1 aromatic rings. The fourth-order valence-electron chi connectivity index (χ4n) is 1.24. The Balaban J connectivity index is 2.51. The van der Waals surface area contributed by atoms with Crippen molar-refractivity contribution in [3.63, 3.8) is 0 Å². The number of benzene rings is 1. The minimum absolute atomic E-state index is 0.0187. The molecule has 17 heavy (non-hydrogen) atoms. The van der Waals surface area contributed by atoms with Crippen molar-refractivity contribution in [2.45, 2.75) is 6.54 Å².